The highest BCUT2D eigenvalue weighted by Crippen LogP contribution is 2.32. The molecule has 0 aliphatic heterocycles. The fraction of sp³-hybridized carbons (Fsp3) is 0.550. The summed E-state index contributed by atoms with van der Waals surface area (Å²) in [5.41, 5.74) is 0.662. The zero-order chi connectivity index (χ0) is 20.5. The van der Waals surface area contributed by atoms with Crippen molar-refractivity contribution in [1.82, 2.24) is 0 Å². The van der Waals surface area contributed by atoms with Crippen LogP contribution in [-0.4, -0.2) is 36.8 Å². The fourth-order valence-electron chi connectivity index (χ4n) is 3.47. The standard InChI is InChI=1S/C20H27NO7/c1-13(22)21-16-7-9-17(10-8-16)28-18-6-4-3-5-15(11-12-26-20(24)25)19(18)27-14(2)23/h7-10,15,18-19H,3-6,11-12H2,1-2H3,(H,21,22)(H,24,25)/p-1. The van der Waals surface area contributed by atoms with Crippen LogP contribution < -0.4 is 15.2 Å². The van der Waals surface area contributed by atoms with E-state index in [1.165, 1.54) is 13.8 Å². The molecule has 1 aliphatic carbocycles. The van der Waals surface area contributed by atoms with Crippen molar-refractivity contribution >= 4 is 23.7 Å². The average Bonchev–Trinajstić information content (AvgIpc) is 2.78. The quantitative estimate of drug-likeness (QED) is 0.559. The summed E-state index contributed by atoms with van der Waals surface area (Å²) < 4.78 is 16.2. The van der Waals surface area contributed by atoms with Crippen molar-refractivity contribution in [3.63, 3.8) is 0 Å². The number of benzene rings is 1. The summed E-state index contributed by atoms with van der Waals surface area (Å²) in [6.45, 7) is 2.77. The van der Waals surface area contributed by atoms with Gasteiger partial charge in [-0.25, -0.2) is 0 Å². The zero-order valence-corrected chi connectivity index (χ0v) is 16.1. The summed E-state index contributed by atoms with van der Waals surface area (Å²) in [6, 6.07) is 6.96. The third kappa shape index (κ3) is 7.09. The maximum atomic E-state index is 11.6. The van der Waals surface area contributed by atoms with Gasteiger partial charge in [-0.3, -0.25) is 9.59 Å². The first-order valence-electron chi connectivity index (χ1n) is 9.40. The molecule has 0 radical (unpaired) electrons. The Morgan fingerprint density at radius 3 is 2.39 bits per heavy atom. The number of anilines is 1. The molecular formula is C20H26NO7-. The van der Waals surface area contributed by atoms with Crippen molar-refractivity contribution in [3.8, 4) is 5.75 Å². The van der Waals surface area contributed by atoms with Gasteiger partial charge >= 0.3 is 5.97 Å². The first-order valence-corrected chi connectivity index (χ1v) is 9.40. The molecule has 3 unspecified atom stereocenters. The van der Waals surface area contributed by atoms with Crippen LogP contribution in [0.4, 0.5) is 10.5 Å². The molecule has 1 aromatic rings. The van der Waals surface area contributed by atoms with Crippen LogP contribution in [0.5, 0.6) is 5.75 Å². The van der Waals surface area contributed by atoms with E-state index in [9.17, 15) is 19.5 Å². The lowest BCUT2D eigenvalue weighted by atomic mass is 9.92. The van der Waals surface area contributed by atoms with Crippen LogP contribution in [0.1, 0.15) is 46.0 Å². The number of esters is 1. The Labute approximate surface area is 164 Å². The van der Waals surface area contributed by atoms with Crippen LogP contribution in [0.25, 0.3) is 0 Å². The third-order valence-corrected chi connectivity index (χ3v) is 4.62. The smallest absolute Gasteiger partial charge is 0.303 e. The highest BCUT2D eigenvalue weighted by molar-refractivity contribution is 5.88. The van der Waals surface area contributed by atoms with Crippen LogP contribution in [0.3, 0.4) is 0 Å². The minimum Gasteiger partial charge on any atom is -0.550 e. The second kappa shape index (κ2) is 10.5. The van der Waals surface area contributed by atoms with E-state index in [-0.39, 0.29) is 24.5 Å². The van der Waals surface area contributed by atoms with Crippen molar-refractivity contribution < 1.29 is 33.7 Å². The Kier molecular flexibility index (Phi) is 8.10. The lowest BCUT2D eigenvalue weighted by molar-refractivity contribution is -0.283. The van der Waals surface area contributed by atoms with Gasteiger partial charge in [-0.2, -0.15) is 0 Å². The monoisotopic (exact) mass is 392 g/mol. The van der Waals surface area contributed by atoms with E-state index in [1.807, 2.05) is 0 Å². The largest absolute Gasteiger partial charge is 0.550 e. The SMILES string of the molecule is CC(=O)Nc1ccc(OC2CCCCC(CCOC(=O)[O-])C2OC(C)=O)cc1. The molecular weight excluding hydrogens is 366 g/mol. The molecule has 8 nitrogen and oxygen atoms in total. The van der Waals surface area contributed by atoms with Crippen LogP contribution >= 0.6 is 0 Å². The number of hydrogen-bond acceptors (Lipinski definition) is 7. The first kappa shape index (κ1) is 21.5. The lowest BCUT2D eigenvalue weighted by Gasteiger charge is -2.31. The number of carbonyl (C=O) groups excluding carboxylic acids is 3. The molecule has 0 heterocycles. The first-order chi connectivity index (χ1) is 13.3. The van der Waals surface area contributed by atoms with E-state index in [4.69, 9.17) is 9.47 Å². The van der Waals surface area contributed by atoms with Gasteiger partial charge in [-0.1, -0.05) is 6.42 Å². The van der Waals surface area contributed by atoms with Crippen molar-refractivity contribution in [3.05, 3.63) is 24.3 Å². The van der Waals surface area contributed by atoms with Crippen LogP contribution in [0, 0.1) is 5.92 Å². The van der Waals surface area contributed by atoms with Gasteiger partial charge in [-0.15, -0.1) is 0 Å². The van der Waals surface area contributed by atoms with Crippen molar-refractivity contribution in [2.75, 3.05) is 11.9 Å². The normalized spacial score (nSPS) is 21.9. The van der Waals surface area contributed by atoms with Crippen molar-refractivity contribution in [2.45, 2.75) is 58.2 Å². The molecule has 2 rings (SSSR count). The molecule has 0 aromatic heterocycles. The molecule has 1 aliphatic rings. The molecule has 3 atom stereocenters. The van der Waals surface area contributed by atoms with Gasteiger partial charge in [0, 0.05) is 32.1 Å². The Bertz CT molecular complexity index is 674. The number of ether oxygens (including phenoxy) is 3. The maximum absolute atomic E-state index is 11.6. The minimum atomic E-state index is -1.57. The molecule has 0 spiro atoms. The highest BCUT2D eigenvalue weighted by atomic mass is 16.7. The fourth-order valence-corrected chi connectivity index (χ4v) is 3.47. The molecule has 1 N–H and O–H groups in total. The number of carboxylic acid groups (broad SMARTS) is 1. The number of rotatable bonds is 7. The van der Waals surface area contributed by atoms with Crippen LogP contribution in [0.2, 0.25) is 0 Å². The van der Waals surface area contributed by atoms with Crippen LogP contribution in [0.15, 0.2) is 24.3 Å². The molecule has 28 heavy (non-hydrogen) atoms. The molecule has 0 saturated heterocycles. The summed E-state index contributed by atoms with van der Waals surface area (Å²) in [5, 5.41) is 13.2. The van der Waals surface area contributed by atoms with Crippen molar-refractivity contribution in [2.24, 2.45) is 5.92 Å². The summed E-state index contributed by atoms with van der Waals surface area (Å²) in [6.07, 6.45) is 1.34. The predicted octanol–water partition coefficient (Wildman–Crippen LogP) is 2.26. The Morgan fingerprint density at radius 1 is 1.11 bits per heavy atom. The van der Waals surface area contributed by atoms with E-state index in [0.29, 0.717) is 24.3 Å². The van der Waals surface area contributed by atoms with Gasteiger partial charge in [0.1, 0.15) is 18.0 Å². The molecule has 1 amide bonds. The van der Waals surface area contributed by atoms with E-state index < -0.39 is 18.2 Å². The van der Waals surface area contributed by atoms with Gasteiger partial charge in [0.15, 0.2) is 0 Å². The topological polar surface area (TPSA) is 114 Å². The Morgan fingerprint density at radius 2 is 1.79 bits per heavy atom. The minimum absolute atomic E-state index is 0.0110. The zero-order valence-electron chi connectivity index (χ0n) is 16.1. The van der Waals surface area contributed by atoms with E-state index in [2.05, 4.69) is 10.1 Å². The number of hydrogen-bond donors (Lipinski definition) is 1. The molecule has 8 heteroatoms. The van der Waals surface area contributed by atoms with Gasteiger partial charge in [0.2, 0.25) is 5.91 Å². The molecule has 1 aromatic carbocycles. The molecule has 0 bridgehead atoms. The second-order valence-corrected chi connectivity index (χ2v) is 6.87. The number of amides is 1. The number of nitrogens with one attached hydrogen (secondary N) is 1. The predicted molar refractivity (Wildman–Crippen MR) is 98.6 cm³/mol. The van der Waals surface area contributed by atoms with Crippen LogP contribution in [-0.2, 0) is 19.1 Å². The molecule has 1 saturated carbocycles. The maximum Gasteiger partial charge on any atom is 0.303 e. The summed E-state index contributed by atoms with van der Waals surface area (Å²) >= 11 is 0. The van der Waals surface area contributed by atoms with Gasteiger partial charge in [0.05, 0.1) is 0 Å². The summed E-state index contributed by atoms with van der Waals surface area (Å²) in [5.74, 6) is -0.0430. The number of carbonyl (C=O) groups is 3. The van der Waals surface area contributed by atoms with E-state index >= 15 is 0 Å². The Hall–Kier alpha value is -2.77. The Balaban J connectivity index is 2.10. The third-order valence-electron chi connectivity index (χ3n) is 4.62. The van der Waals surface area contributed by atoms with Gasteiger partial charge in [0.25, 0.3) is 6.16 Å². The van der Waals surface area contributed by atoms with E-state index in [1.54, 1.807) is 24.3 Å². The van der Waals surface area contributed by atoms with Gasteiger partial charge < -0.3 is 29.4 Å². The van der Waals surface area contributed by atoms with E-state index in [0.717, 1.165) is 19.3 Å². The van der Waals surface area contributed by atoms with Crippen molar-refractivity contribution in [1.29, 1.82) is 0 Å². The second-order valence-electron chi connectivity index (χ2n) is 6.87. The highest BCUT2D eigenvalue weighted by Gasteiger charge is 2.35. The summed E-state index contributed by atoms with van der Waals surface area (Å²) in [7, 11) is 0. The average molecular weight is 392 g/mol. The molecule has 154 valence electrons. The summed E-state index contributed by atoms with van der Waals surface area (Å²) in [4.78, 5) is 33.3. The lowest BCUT2D eigenvalue weighted by Crippen LogP contribution is -2.40. The molecule has 1 fully saturated rings. The van der Waals surface area contributed by atoms with Gasteiger partial charge in [-0.05, 0) is 49.9 Å².